The number of hydrogen-bond donors (Lipinski definition) is 3. The van der Waals surface area contributed by atoms with E-state index < -0.39 is 5.54 Å². The number of halogens is 1. The third-order valence-corrected chi connectivity index (χ3v) is 5.17. The molecule has 0 heterocycles. The monoisotopic (exact) mass is 351 g/mol. The van der Waals surface area contributed by atoms with Crippen molar-refractivity contribution in [2.24, 2.45) is 11.7 Å². The molecule has 2 amide bonds. The highest BCUT2D eigenvalue weighted by molar-refractivity contribution is 6.31. The van der Waals surface area contributed by atoms with Gasteiger partial charge in [-0.05, 0) is 44.4 Å². The fraction of sp³-hybridized carbons (Fsp3) is 0.556. The number of anilines is 1. The summed E-state index contributed by atoms with van der Waals surface area (Å²) in [6.45, 7) is 4.09. The van der Waals surface area contributed by atoms with Gasteiger partial charge in [-0.15, -0.1) is 0 Å². The van der Waals surface area contributed by atoms with Crippen molar-refractivity contribution in [3.05, 3.63) is 28.8 Å². The fourth-order valence-electron chi connectivity index (χ4n) is 3.17. The quantitative estimate of drug-likeness (QED) is 0.762. The lowest BCUT2D eigenvalue weighted by atomic mass is 9.74. The number of carbonyl (C=O) groups is 2. The summed E-state index contributed by atoms with van der Waals surface area (Å²) in [6.07, 6.45) is 3.98. The van der Waals surface area contributed by atoms with Crippen LogP contribution in [-0.4, -0.2) is 23.9 Å². The predicted molar refractivity (Wildman–Crippen MR) is 97.0 cm³/mol. The van der Waals surface area contributed by atoms with Crippen molar-refractivity contribution in [2.75, 3.05) is 11.9 Å². The first-order valence-electron chi connectivity index (χ1n) is 8.43. The van der Waals surface area contributed by atoms with E-state index in [9.17, 15) is 9.59 Å². The molecule has 6 heteroatoms. The van der Waals surface area contributed by atoms with Gasteiger partial charge in [-0.1, -0.05) is 30.5 Å². The van der Waals surface area contributed by atoms with Crippen molar-refractivity contribution >= 4 is 29.1 Å². The smallest absolute Gasteiger partial charge is 0.226 e. The van der Waals surface area contributed by atoms with E-state index in [1.807, 2.05) is 13.8 Å². The van der Waals surface area contributed by atoms with Gasteiger partial charge in [0.25, 0.3) is 0 Å². The average molecular weight is 352 g/mol. The van der Waals surface area contributed by atoms with Crippen LogP contribution in [0.2, 0.25) is 5.02 Å². The average Bonchev–Trinajstić information content (AvgIpc) is 2.51. The zero-order valence-corrected chi connectivity index (χ0v) is 15.1. The zero-order valence-electron chi connectivity index (χ0n) is 14.3. The minimum Gasteiger partial charge on any atom is -0.355 e. The number of benzene rings is 1. The van der Waals surface area contributed by atoms with Crippen molar-refractivity contribution in [3.63, 3.8) is 0 Å². The van der Waals surface area contributed by atoms with Crippen LogP contribution in [0.5, 0.6) is 0 Å². The van der Waals surface area contributed by atoms with Crippen LogP contribution in [0.15, 0.2) is 18.2 Å². The molecule has 0 spiro atoms. The van der Waals surface area contributed by atoms with Crippen LogP contribution in [0.25, 0.3) is 0 Å². The summed E-state index contributed by atoms with van der Waals surface area (Å²) in [5, 5.41) is 6.28. The molecule has 0 aliphatic heterocycles. The topological polar surface area (TPSA) is 84.2 Å². The summed E-state index contributed by atoms with van der Waals surface area (Å²) >= 11 is 6.04. The van der Waals surface area contributed by atoms with Crippen LogP contribution in [0.4, 0.5) is 5.69 Å². The lowest BCUT2D eigenvalue weighted by molar-refractivity contribution is -0.128. The third-order valence-electron chi connectivity index (χ3n) is 4.76. The number of hydrogen-bond acceptors (Lipinski definition) is 3. The van der Waals surface area contributed by atoms with Gasteiger partial charge in [0.05, 0.1) is 5.92 Å². The summed E-state index contributed by atoms with van der Waals surface area (Å²) in [4.78, 5) is 24.3. The summed E-state index contributed by atoms with van der Waals surface area (Å²) < 4.78 is 0. The van der Waals surface area contributed by atoms with Crippen LogP contribution < -0.4 is 16.4 Å². The largest absolute Gasteiger partial charge is 0.355 e. The van der Waals surface area contributed by atoms with Gasteiger partial charge in [-0.25, -0.2) is 0 Å². The number of amides is 2. The molecule has 1 fully saturated rings. The second-order valence-corrected chi connectivity index (χ2v) is 7.21. The van der Waals surface area contributed by atoms with Gasteiger partial charge >= 0.3 is 0 Å². The molecular weight excluding hydrogens is 326 g/mol. The first kappa shape index (κ1) is 18.7. The Morgan fingerprint density at radius 2 is 2.12 bits per heavy atom. The summed E-state index contributed by atoms with van der Waals surface area (Å²) in [7, 11) is 0. The van der Waals surface area contributed by atoms with E-state index >= 15 is 0 Å². The van der Waals surface area contributed by atoms with Crippen molar-refractivity contribution in [1.29, 1.82) is 0 Å². The van der Waals surface area contributed by atoms with Crippen molar-refractivity contribution < 1.29 is 9.59 Å². The lowest BCUT2D eigenvalue weighted by Gasteiger charge is -2.37. The maximum absolute atomic E-state index is 12.3. The molecule has 24 heavy (non-hydrogen) atoms. The van der Waals surface area contributed by atoms with E-state index in [1.54, 1.807) is 18.2 Å². The Hall–Kier alpha value is -1.59. The Kier molecular flexibility index (Phi) is 6.24. The summed E-state index contributed by atoms with van der Waals surface area (Å²) in [5.41, 5.74) is 7.31. The molecule has 1 aliphatic rings. The molecule has 1 aromatic rings. The van der Waals surface area contributed by atoms with E-state index in [0.717, 1.165) is 31.2 Å². The van der Waals surface area contributed by atoms with Crippen LogP contribution in [0.1, 0.15) is 44.6 Å². The van der Waals surface area contributed by atoms with Gasteiger partial charge < -0.3 is 16.4 Å². The van der Waals surface area contributed by atoms with Gasteiger partial charge in [0.1, 0.15) is 0 Å². The standard InChI is InChI=1S/C18H26ClN3O2/c1-12-14(19)7-5-8-15(12)22-16(23)9-11-21-17(24)13-6-3-4-10-18(13,2)20/h5,7-8,13H,3-4,6,9-11,20H2,1-2H3,(H,21,24)(H,22,23). The fourth-order valence-corrected chi connectivity index (χ4v) is 3.34. The SMILES string of the molecule is Cc1c(Cl)cccc1NC(=O)CCNC(=O)C1CCCCC1(C)N. The molecule has 1 aromatic carbocycles. The molecule has 5 nitrogen and oxygen atoms in total. The maximum Gasteiger partial charge on any atom is 0.226 e. The molecular formula is C18H26ClN3O2. The molecule has 4 N–H and O–H groups in total. The van der Waals surface area contributed by atoms with E-state index in [-0.39, 0.29) is 24.2 Å². The normalized spacial score (nSPS) is 23.6. The molecule has 2 unspecified atom stereocenters. The van der Waals surface area contributed by atoms with Gasteiger partial charge in [-0.3, -0.25) is 9.59 Å². The number of rotatable bonds is 5. The van der Waals surface area contributed by atoms with Gasteiger partial charge in [0.15, 0.2) is 0 Å². The highest BCUT2D eigenvalue weighted by atomic mass is 35.5. The summed E-state index contributed by atoms with van der Waals surface area (Å²) in [6, 6.07) is 5.37. The van der Waals surface area contributed by atoms with Crippen molar-refractivity contribution in [2.45, 2.75) is 51.5 Å². The predicted octanol–water partition coefficient (Wildman–Crippen LogP) is 3.00. The highest BCUT2D eigenvalue weighted by Crippen LogP contribution is 2.31. The van der Waals surface area contributed by atoms with Crippen LogP contribution in [-0.2, 0) is 9.59 Å². The molecule has 2 rings (SSSR count). The maximum atomic E-state index is 12.3. The number of carbonyl (C=O) groups excluding carboxylic acids is 2. The summed E-state index contributed by atoms with van der Waals surface area (Å²) in [5.74, 6) is -0.379. The van der Waals surface area contributed by atoms with E-state index in [2.05, 4.69) is 10.6 Å². The second kappa shape index (κ2) is 7.99. The van der Waals surface area contributed by atoms with E-state index in [4.69, 9.17) is 17.3 Å². The van der Waals surface area contributed by atoms with Crippen molar-refractivity contribution in [1.82, 2.24) is 5.32 Å². The highest BCUT2D eigenvalue weighted by Gasteiger charge is 2.37. The number of nitrogens with one attached hydrogen (secondary N) is 2. The van der Waals surface area contributed by atoms with E-state index in [1.165, 1.54) is 0 Å². The first-order valence-corrected chi connectivity index (χ1v) is 8.80. The van der Waals surface area contributed by atoms with Gasteiger partial charge in [-0.2, -0.15) is 0 Å². The minimum atomic E-state index is -0.456. The van der Waals surface area contributed by atoms with Crippen LogP contribution in [0.3, 0.4) is 0 Å². The Labute approximate surface area is 148 Å². The zero-order chi connectivity index (χ0) is 17.7. The molecule has 1 aliphatic carbocycles. The second-order valence-electron chi connectivity index (χ2n) is 6.81. The lowest BCUT2D eigenvalue weighted by Crippen LogP contribution is -2.53. The molecule has 1 saturated carbocycles. The molecule has 0 aromatic heterocycles. The van der Waals surface area contributed by atoms with Gasteiger partial charge in [0.2, 0.25) is 11.8 Å². The molecule has 0 bridgehead atoms. The van der Waals surface area contributed by atoms with Crippen molar-refractivity contribution in [3.8, 4) is 0 Å². The molecule has 0 saturated heterocycles. The molecule has 132 valence electrons. The van der Waals surface area contributed by atoms with Gasteiger partial charge in [0, 0.05) is 29.2 Å². The molecule has 0 radical (unpaired) electrons. The van der Waals surface area contributed by atoms with Crippen LogP contribution >= 0.6 is 11.6 Å². The molecule has 2 atom stereocenters. The number of nitrogens with two attached hydrogens (primary N) is 1. The Morgan fingerprint density at radius 1 is 1.38 bits per heavy atom. The third kappa shape index (κ3) is 4.71. The van der Waals surface area contributed by atoms with E-state index in [0.29, 0.717) is 17.3 Å². The Bertz CT molecular complexity index is 616. The Balaban J connectivity index is 1.80. The van der Waals surface area contributed by atoms with Crippen LogP contribution in [0, 0.1) is 12.8 Å². The first-order chi connectivity index (χ1) is 11.3. The minimum absolute atomic E-state index is 0.0496. The Morgan fingerprint density at radius 3 is 2.83 bits per heavy atom.